The third kappa shape index (κ3) is 5.45. The van der Waals surface area contributed by atoms with Gasteiger partial charge in [0, 0.05) is 43.2 Å². The van der Waals surface area contributed by atoms with Gasteiger partial charge in [-0.15, -0.1) is 5.10 Å². The first-order chi connectivity index (χ1) is 20.1. The van der Waals surface area contributed by atoms with Crippen molar-refractivity contribution in [2.24, 2.45) is 11.3 Å². The Morgan fingerprint density at radius 2 is 2.00 bits per heavy atom. The molecule has 1 saturated heterocycles. The Labute approximate surface area is 247 Å². The molecule has 2 amide bonds. The fraction of sp³-hybridized carbons (Fsp3) is 0.621. The summed E-state index contributed by atoms with van der Waals surface area (Å²) < 4.78 is 34.9. The minimum absolute atomic E-state index is 0.00462. The summed E-state index contributed by atoms with van der Waals surface area (Å²) in [6.07, 6.45) is 1.07. The number of aryl methyl sites for hydroxylation is 1. The Morgan fingerprint density at radius 1 is 1.21 bits per heavy atom. The average molecular weight is 608 g/mol. The van der Waals surface area contributed by atoms with Crippen LogP contribution in [0.2, 0.25) is 5.02 Å². The van der Waals surface area contributed by atoms with Gasteiger partial charge < -0.3 is 19.6 Å². The second kappa shape index (κ2) is 12.1. The molecule has 3 heterocycles. The molecule has 1 aliphatic carbocycles. The Balaban J connectivity index is 1.53. The van der Waals surface area contributed by atoms with Crippen LogP contribution in [0.25, 0.3) is 0 Å². The van der Waals surface area contributed by atoms with Gasteiger partial charge in [-0.05, 0) is 57.2 Å². The number of hydrogen-bond donors (Lipinski definition) is 1. The van der Waals surface area contributed by atoms with Gasteiger partial charge in [0.05, 0.1) is 17.4 Å². The van der Waals surface area contributed by atoms with Crippen LogP contribution in [0, 0.1) is 11.3 Å². The van der Waals surface area contributed by atoms with E-state index in [2.05, 4.69) is 10.3 Å². The number of alkyl halides is 2. The topological polar surface area (TPSA) is 118 Å². The van der Waals surface area contributed by atoms with E-state index in [-0.39, 0.29) is 42.9 Å². The van der Waals surface area contributed by atoms with E-state index in [1.807, 2.05) is 0 Å². The summed E-state index contributed by atoms with van der Waals surface area (Å²) in [6.45, 7) is 4.31. The number of rotatable bonds is 9. The molecule has 3 aliphatic rings. The molecular weight excluding hydrogens is 572 g/mol. The zero-order chi connectivity index (χ0) is 30.2. The quantitative estimate of drug-likeness (QED) is 0.435. The molecule has 0 unspecified atom stereocenters. The number of nitrogens with zero attached hydrogens (tertiary/aromatic N) is 5. The predicted molar refractivity (Wildman–Crippen MR) is 148 cm³/mol. The summed E-state index contributed by atoms with van der Waals surface area (Å²) in [4.78, 5) is 42.7. The maximum atomic E-state index is 14.3. The first-order valence-corrected chi connectivity index (χ1v) is 14.9. The van der Waals surface area contributed by atoms with Gasteiger partial charge in [0.25, 0.3) is 6.43 Å². The number of hydrogen-bond acceptors (Lipinski definition) is 6. The first-order valence-electron chi connectivity index (χ1n) is 14.5. The molecule has 42 heavy (non-hydrogen) atoms. The summed E-state index contributed by atoms with van der Waals surface area (Å²) in [7, 11) is 0. The van der Waals surface area contributed by atoms with E-state index < -0.39 is 29.8 Å². The number of halogens is 3. The Hall–Kier alpha value is -3.28. The first kappa shape index (κ1) is 30.2. The molecule has 13 heteroatoms. The molecule has 1 aromatic carbocycles. The monoisotopic (exact) mass is 607 g/mol. The SMILES string of the molecule is CCn1nnc(COc2ccc(Cl)c3c2[C@@H](CN2CCCC2=O)N(C(=O)[C@@H]2CCCC[C@]2(C)C(=O)O)CC3)c1C(F)F. The van der Waals surface area contributed by atoms with E-state index in [4.69, 9.17) is 16.3 Å². The zero-order valence-corrected chi connectivity index (χ0v) is 24.6. The predicted octanol–water partition coefficient (Wildman–Crippen LogP) is 4.80. The van der Waals surface area contributed by atoms with E-state index in [9.17, 15) is 28.3 Å². The van der Waals surface area contributed by atoms with Crippen LogP contribution >= 0.6 is 11.6 Å². The number of benzene rings is 1. The van der Waals surface area contributed by atoms with Crippen molar-refractivity contribution in [2.75, 3.05) is 19.6 Å². The second-order valence-electron chi connectivity index (χ2n) is 11.5. The normalized spacial score (nSPS) is 24.3. The molecule has 3 atom stereocenters. The lowest BCUT2D eigenvalue weighted by Crippen LogP contribution is -2.52. The summed E-state index contributed by atoms with van der Waals surface area (Å²) in [5, 5.41) is 18.3. The third-order valence-electron chi connectivity index (χ3n) is 9.13. The van der Waals surface area contributed by atoms with Crippen molar-refractivity contribution in [3.63, 3.8) is 0 Å². The molecule has 1 saturated carbocycles. The minimum Gasteiger partial charge on any atom is -0.487 e. The lowest BCUT2D eigenvalue weighted by Gasteiger charge is -2.45. The molecule has 2 aromatic rings. The molecule has 10 nitrogen and oxygen atoms in total. The van der Waals surface area contributed by atoms with Crippen LogP contribution < -0.4 is 4.74 Å². The Bertz CT molecular complexity index is 1370. The van der Waals surface area contributed by atoms with Crippen LogP contribution in [0.15, 0.2) is 12.1 Å². The van der Waals surface area contributed by atoms with E-state index in [1.54, 1.807) is 35.8 Å². The standard InChI is InChI=1S/C29H36ClF2N5O5/c1-3-37-25(26(31)32)20(33-34-37)16-42-22-10-9-19(30)17-11-14-36(21(24(17)22)15-35-13-6-8-23(35)38)27(39)18-7-4-5-12-29(18,2)28(40)41/h9-10,18,21,26H,3-8,11-16H2,1-2H3,(H,40,41)/t18-,21+,29-/m0/s1. The molecule has 2 fully saturated rings. The van der Waals surface area contributed by atoms with Crippen LogP contribution in [0.1, 0.15) is 87.4 Å². The number of carboxylic acids is 1. The van der Waals surface area contributed by atoms with Crippen molar-refractivity contribution in [3.8, 4) is 5.75 Å². The third-order valence-corrected chi connectivity index (χ3v) is 9.49. The van der Waals surface area contributed by atoms with Crippen LogP contribution in [0.4, 0.5) is 8.78 Å². The van der Waals surface area contributed by atoms with Gasteiger partial charge in [-0.3, -0.25) is 14.4 Å². The lowest BCUT2D eigenvalue weighted by molar-refractivity contribution is -0.162. The highest BCUT2D eigenvalue weighted by atomic mass is 35.5. The van der Waals surface area contributed by atoms with E-state index in [0.29, 0.717) is 61.5 Å². The van der Waals surface area contributed by atoms with Gasteiger partial charge in [-0.2, -0.15) is 0 Å². The highest BCUT2D eigenvalue weighted by Gasteiger charge is 2.50. The highest BCUT2D eigenvalue weighted by molar-refractivity contribution is 6.31. The largest absolute Gasteiger partial charge is 0.487 e. The van der Waals surface area contributed by atoms with Crippen molar-refractivity contribution in [1.82, 2.24) is 24.8 Å². The Morgan fingerprint density at radius 3 is 2.67 bits per heavy atom. The van der Waals surface area contributed by atoms with Crippen LogP contribution in [0.5, 0.6) is 5.75 Å². The van der Waals surface area contributed by atoms with Gasteiger partial charge in [0.1, 0.15) is 23.7 Å². The van der Waals surface area contributed by atoms with E-state index in [0.717, 1.165) is 23.1 Å². The van der Waals surface area contributed by atoms with Crippen molar-refractivity contribution in [1.29, 1.82) is 0 Å². The van der Waals surface area contributed by atoms with Crippen LogP contribution in [-0.2, 0) is 34.0 Å². The maximum Gasteiger partial charge on any atom is 0.310 e. The number of carbonyl (C=O) groups is 3. The highest BCUT2D eigenvalue weighted by Crippen LogP contribution is 2.46. The van der Waals surface area contributed by atoms with Crippen molar-refractivity contribution in [3.05, 3.63) is 39.7 Å². The van der Waals surface area contributed by atoms with Gasteiger partial charge in [-0.25, -0.2) is 13.5 Å². The van der Waals surface area contributed by atoms with Crippen LogP contribution in [-0.4, -0.2) is 67.3 Å². The second-order valence-corrected chi connectivity index (χ2v) is 11.9. The number of amides is 2. The summed E-state index contributed by atoms with van der Waals surface area (Å²) in [6, 6.07) is 2.66. The molecule has 0 radical (unpaired) electrons. The molecule has 2 aliphatic heterocycles. The summed E-state index contributed by atoms with van der Waals surface area (Å²) in [5.74, 6) is -1.66. The molecule has 228 valence electrons. The fourth-order valence-corrected chi connectivity index (χ4v) is 6.99. The number of carboxylic acid groups (broad SMARTS) is 1. The number of ether oxygens (including phenoxy) is 1. The fourth-order valence-electron chi connectivity index (χ4n) is 6.73. The summed E-state index contributed by atoms with van der Waals surface area (Å²) >= 11 is 6.65. The number of aliphatic carboxylic acids is 1. The molecule has 0 spiro atoms. The molecular formula is C29H36ClF2N5O5. The van der Waals surface area contributed by atoms with Gasteiger partial charge in [-0.1, -0.05) is 29.7 Å². The van der Waals surface area contributed by atoms with Crippen molar-refractivity contribution >= 4 is 29.4 Å². The zero-order valence-electron chi connectivity index (χ0n) is 23.8. The number of fused-ring (bicyclic) bond motifs is 1. The molecule has 5 rings (SSSR count). The van der Waals surface area contributed by atoms with E-state index in [1.165, 1.54) is 0 Å². The maximum absolute atomic E-state index is 14.3. The minimum atomic E-state index is -2.79. The van der Waals surface area contributed by atoms with Gasteiger partial charge >= 0.3 is 5.97 Å². The van der Waals surface area contributed by atoms with Crippen molar-refractivity contribution < 1.29 is 33.0 Å². The Kier molecular flexibility index (Phi) is 8.73. The molecule has 1 aromatic heterocycles. The number of carbonyl (C=O) groups excluding carboxylic acids is 2. The van der Waals surface area contributed by atoms with Gasteiger partial charge in [0.15, 0.2) is 0 Å². The summed E-state index contributed by atoms with van der Waals surface area (Å²) in [5.41, 5.74) is -0.151. The number of aromatic nitrogens is 3. The number of likely N-dealkylation sites (tertiary alicyclic amines) is 1. The van der Waals surface area contributed by atoms with Crippen LogP contribution in [0.3, 0.4) is 0 Å². The van der Waals surface area contributed by atoms with Crippen molar-refractivity contribution in [2.45, 2.75) is 84.4 Å². The average Bonchev–Trinajstić information content (AvgIpc) is 3.58. The smallest absolute Gasteiger partial charge is 0.310 e. The van der Waals surface area contributed by atoms with Gasteiger partial charge in [0.2, 0.25) is 11.8 Å². The lowest BCUT2D eigenvalue weighted by atomic mass is 9.66. The molecule has 1 N–H and O–H groups in total. The van der Waals surface area contributed by atoms with E-state index >= 15 is 0 Å². The molecule has 0 bridgehead atoms.